The number of unbranched alkanes of at least 4 members (excludes halogenated alkanes) is 1. The summed E-state index contributed by atoms with van der Waals surface area (Å²) in [5, 5.41) is 0. The molecule has 0 aliphatic heterocycles. The molecule has 0 heterocycles. The second-order valence-corrected chi connectivity index (χ2v) is 5.95. The van der Waals surface area contributed by atoms with Crippen molar-refractivity contribution in [2.45, 2.75) is 38.0 Å². The van der Waals surface area contributed by atoms with Gasteiger partial charge in [0.25, 0.3) is 0 Å². The first-order valence-electron chi connectivity index (χ1n) is 3.64. The van der Waals surface area contributed by atoms with E-state index in [2.05, 4.69) is 24.9 Å². The van der Waals surface area contributed by atoms with Gasteiger partial charge in [0.2, 0.25) is 0 Å². The Morgan fingerprint density at radius 3 is 2.56 bits per heavy atom. The van der Waals surface area contributed by atoms with Gasteiger partial charge in [0.05, 0.1) is 0 Å². The molecule has 0 aliphatic rings. The topological polar surface area (TPSA) is 0 Å². The van der Waals surface area contributed by atoms with Crippen LogP contribution in [-0.2, 0) is 0 Å². The van der Waals surface area contributed by atoms with E-state index in [9.17, 15) is 0 Å². The van der Waals surface area contributed by atoms with Gasteiger partial charge in [0.1, 0.15) is 0 Å². The molecule has 1 heteroatoms. The molecule has 0 spiro atoms. The molecule has 0 aromatic heterocycles. The van der Waals surface area contributed by atoms with Gasteiger partial charge in [-0.05, 0) is 0 Å². The summed E-state index contributed by atoms with van der Waals surface area (Å²) in [7, 11) is 0. The zero-order chi connectivity index (χ0) is 7.11. The Hall–Kier alpha value is 0.539. The van der Waals surface area contributed by atoms with Crippen LogP contribution in [0.25, 0.3) is 0 Å². The van der Waals surface area contributed by atoms with Crippen molar-refractivity contribution in [3.8, 4) is 0 Å². The molecule has 0 N–H and O–H groups in total. The van der Waals surface area contributed by atoms with Crippen molar-refractivity contribution in [1.29, 1.82) is 0 Å². The molecule has 0 rings (SSSR count). The van der Waals surface area contributed by atoms with Crippen molar-refractivity contribution < 1.29 is 0 Å². The molecule has 0 nitrogen and oxygen atoms in total. The Bertz CT molecular complexity index is 80.6. The van der Waals surface area contributed by atoms with Gasteiger partial charge in [-0.3, -0.25) is 0 Å². The molecule has 0 bridgehead atoms. The average Bonchev–Trinajstić information content (AvgIpc) is 1.80. The molecule has 0 saturated heterocycles. The third kappa shape index (κ3) is 8.54. The summed E-state index contributed by atoms with van der Waals surface area (Å²) in [5.41, 5.74) is 1.53. The van der Waals surface area contributed by atoms with Crippen molar-refractivity contribution >= 4 is 21.1 Å². The first kappa shape index (κ1) is 9.54. The van der Waals surface area contributed by atoms with Crippen molar-refractivity contribution in [3.63, 3.8) is 0 Å². The summed E-state index contributed by atoms with van der Waals surface area (Å²) >= 11 is -0.0518. The Balaban J connectivity index is 3.00. The van der Waals surface area contributed by atoms with E-state index in [4.69, 9.17) is 0 Å². The molecular weight excluding hydrogens is 215 g/mol. The second kappa shape index (κ2) is 6.66. The van der Waals surface area contributed by atoms with Gasteiger partial charge in [-0.2, -0.15) is 0 Å². The summed E-state index contributed by atoms with van der Waals surface area (Å²) < 4.78 is 4.02. The first-order valence-corrected chi connectivity index (χ1v) is 7.30. The van der Waals surface area contributed by atoms with Gasteiger partial charge in [0.15, 0.2) is 0 Å². The number of hydrogen-bond donors (Lipinski definition) is 0. The fourth-order valence-electron chi connectivity index (χ4n) is 0.555. The molecule has 0 aliphatic carbocycles. The van der Waals surface area contributed by atoms with Crippen LogP contribution in [0.4, 0.5) is 0 Å². The van der Waals surface area contributed by atoms with Crippen LogP contribution >= 0.6 is 0 Å². The summed E-state index contributed by atoms with van der Waals surface area (Å²) in [4.78, 5) is 0. The quantitative estimate of drug-likeness (QED) is 0.515. The van der Waals surface area contributed by atoms with Gasteiger partial charge in [-0.1, -0.05) is 0 Å². The van der Waals surface area contributed by atoms with E-state index < -0.39 is 0 Å². The zero-order valence-electron chi connectivity index (χ0n) is 6.70. The molecule has 52 valence electrons. The van der Waals surface area contributed by atoms with Crippen LogP contribution in [-0.4, -0.2) is 21.1 Å². The fourth-order valence-corrected chi connectivity index (χ4v) is 3.72. The van der Waals surface area contributed by atoms with E-state index in [1.54, 1.807) is 0 Å². The van der Waals surface area contributed by atoms with E-state index in [0.717, 1.165) is 0 Å². The minimum absolute atomic E-state index is 0.0518. The molecule has 0 atom stereocenters. The number of rotatable bonds is 4. The molecule has 2 radical (unpaired) electrons. The Morgan fingerprint density at radius 1 is 1.44 bits per heavy atom. The van der Waals surface area contributed by atoms with Crippen LogP contribution in [0.2, 0.25) is 4.44 Å². The first-order chi connectivity index (χ1) is 4.27. The Kier molecular flexibility index (Phi) is 7.05. The maximum atomic E-state index is 2.49. The van der Waals surface area contributed by atoms with E-state index >= 15 is 0 Å². The summed E-state index contributed by atoms with van der Waals surface area (Å²) in [6.45, 7) is 6.67. The monoisotopic (exact) mass is 232 g/mol. The minimum atomic E-state index is -0.0518. The second-order valence-electron chi connectivity index (χ2n) is 2.53. The van der Waals surface area contributed by atoms with Crippen LogP contribution in [0, 0.1) is 0 Å². The van der Waals surface area contributed by atoms with E-state index in [-0.39, 0.29) is 21.1 Å². The van der Waals surface area contributed by atoms with Gasteiger partial charge in [-0.15, -0.1) is 0 Å². The molecular formula is C8H16Sn. The summed E-state index contributed by atoms with van der Waals surface area (Å²) in [6.07, 6.45) is 2.83. The van der Waals surface area contributed by atoms with Crippen LogP contribution < -0.4 is 0 Å². The summed E-state index contributed by atoms with van der Waals surface area (Å²) in [6, 6.07) is 0. The number of allylic oxidation sites excluding steroid dienone is 1. The van der Waals surface area contributed by atoms with Crippen molar-refractivity contribution in [1.82, 2.24) is 0 Å². The average molecular weight is 231 g/mol. The van der Waals surface area contributed by atoms with Crippen LogP contribution in [0.3, 0.4) is 0 Å². The molecule has 0 aromatic rings. The van der Waals surface area contributed by atoms with Gasteiger partial charge >= 0.3 is 68.9 Å². The molecule has 0 aromatic carbocycles. The molecule has 0 fully saturated rings. The zero-order valence-corrected chi connectivity index (χ0v) is 9.55. The third-order valence-corrected chi connectivity index (χ3v) is 5.13. The maximum absolute atomic E-state index is 2.49. The van der Waals surface area contributed by atoms with Crippen molar-refractivity contribution in [3.05, 3.63) is 9.67 Å². The summed E-state index contributed by atoms with van der Waals surface area (Å²) in [5.74, 6) is 0. The van der Waals surface area contributed by atoms with Crippen LogP contribution in [0.5, 0.6) is 0 Å². The van der Waals surface area contributed by atoms with E-state index in [1.807, 2.05) is 0 Å². The van der Waals surface area contributed by atoms with Gasteiger partial charge < -0.3 is 0 Å². The normalized spacial score (nSPS) is 9.22. The van der Waals surface area contributed by atoms with E-state index in [1.165, 1.54) is 22.9 Å². The van der Waals surface area contributed by atoms with Crippen LogP contribution in [0.1, 0.15) is 33.6 Å². The van der Waals surface area contributed by atoms with Crippen molar-refractivity contribution in [2.75, 3.05) is 0 Å². The fraction of sp³-hybridized carbons (Fsp3) is 0.750. The van der Waals surface area contributed by atoms with Gasteiger partial charge in [0, 0.05) is 0 Å². The van der Waals surface area contributed by atoms with E-state index in [0.29, 0.717) is 0 Å². The van der Waals surface area contributed by atoms with Gasteiger partial charge in [-0.25, -0.2) is 0 Å². The molecule has 9 heavy (non-hydrogen) atoms. The predicted molar refractivity (Wildman–Crippen MR) is 44.9 cm³/mol. The number of hydrogen-bond acceptors (Lipinski definition) is 0. The Labute approximate surface area is 68.9 Å². The molecule has 0 amide bonds. The third-order valence-electron chi connectivity index (χ3n) is 1.07. The van der Waals surface area contributed by atoms with Crippen molar-refractivity contribution in [2.24, 2.45) is 0 Å². The Morgan fingerprint density at radius 2 is 2.11 bits per heavy atom. The standard InChI is InChI=1S/C4H7.C4H9.Sn/c1-4(2)3;1-3-4-2;/h1H,2-3H3;1,3-4H2,2H3;. The van der Waals surface area contributed by atoms with Crippen LogP contribution in [0.15, 0.2) is 9.67 Å². The molecule has 0 saturated carbocycles. The predicted octanol–water partition coefficient (Wildman–Crippen LogP) is 2.83. The molecule has 0 unspecified atom stereocenters. The SMILES string of the molecule is CCC[CH2][Sn][CH]=C(C)C.